The van der Waals surface area contributed by atoms with E-state index in [-0.39, 0.29) is 6.61 Å². The van der Waals surface area contributed by atoms with Gasteiger partial charge in [0.1, 0.15) is 18.1 Å². The molecule has 6 nitrogen and oxygen atoms in total. The van der Waals surface area contributed by atoms with E-state index in [0.717, 1.165) is 28.2 Å². The Kier molecular flexibility index (Phi) is 3.15. The number of aryl methyl sites for hydroxylation is 2. The average Bonchev–Trinajstić information content (AvgIpc) is 3.02. The maximum Gasteiger partial charge on any atom is 0.157 e. The van der Waals surface area contributed by atoms with Gasteiger partial charge in [-0.15, -0.1) is 0 Å². The SMILES string of the molecule is Cc1nn(C)c2ncc(NCc3ccc(CO)o3)cc12. The number of aromatic nitrogens is 3. The van der Waals surface area contributed by atoms with Crippen molar-refractivity contribution >= 4 is 16.7 Å². The van der Waals surface area contributed by atoms with Crippen LogP contribution < -0.4 is 5.32 Å². The van der Waals surface area contributed by atoms with Gasteiger partial charge in [-0.25, -0.2) is 4.98 Å². The summed E-state index contributed by atoms with van der Waals surface area (Å²) in [7, 11) is 1.88. The quantitative estimate of drug-likeness (QED) is 0.759. The Balaban J connectivity index is 1.79. The molecule has 0 saturated carbocycles. The third-order valence-corrected chi connectivity index (χ3v) is 3.20. The summed E-state index contributed by atoms with van der Waals surface area (Å²) in [6.45, 7) is 2.43. The van der Waals surface area contributed by atoms with Crippen molar-refractivity contribution in [2.45, 2.75) is 20.1 Å². The van der Waals surface area contributed by atoms with Gasteiger partial charge in [-0.2, -0.15) is 5.10 Å². The Morgan fingerprint density at radius 2 is 2.15 bits per heavy atom. The highest BCUT2D eigenvalue weighted by molar-refractivity contribution is 5.81. The molecule has 0 saturated heterocycles. The highest BCUT2D eigenvalue weighted by Crippen LogP contribution is 2.20. The van der Waals surface area contributed by atoms with E-state index in [1.165, 1.54) is 0 Å². The van der Waals surface area contributed by atoms with Crippen LogP contribution in [-0.2, 0) is 20.2 Å². The summed E-state index contributed by atoms with van der Waals surface area (Å²) >= 11 is 0. The van der Waals surface area contributed by atoms with Crippen LogP contribution in [0.2, 0.25) is 0 Å². The van der Waals surface area contributed by atoms with Gasteiger partial charge in [0.25, 0.3) is 0 Å². The fourth-order valence-electron chi connectivity index (χ4n) is 2.20. The number of pyridine rings is 1. The van der Waals surface area contributed by atoms with Crippen LogP contribution in [0.1, 0.15) is 17.2 Å². The van der Waals surface area contributed by atoms with Gasteiger partial charge in [0.2, 0.25) is 0 Å². The molecule has 0 amide bonds. The second kappa shape index (κ2) is 4.97. The van der Waals surface area contributed by atoms with Crippen molar-refractivity contribution < 1.29 is 9.52 Å². The zero-order valence-corrected chi connectivity index (χ0v) is 11.4. The largest absolute Gasteiger partial charge is 0.462 e. The molecule has 0 radical (unpaired) electrons. The molecular formula is C14H16N4O2. The molecule has 0 unspecified atom stereocenters. The van der Waals surface area contributed by atoms with E-state index < -0.39 is 0 Å². The molecule has 6 heteroatoms. The van der Waals surface area contributed by atoms with E-state index in [4.69, 9.17) is 9.52 Å². The van der Waals surface area contributed by atoms with Crippen molar-refractivity contribution in [1.29, 1.82) is 0 Å². The third-order valence-electron chi connectivity index (χ3n) is 3.20. The number of hydrogen-bond acceptors (Lipinski definition) is 5. The summed E-state index contributed by atoms with van der Waals surface area (Å²) in [6, 6.07) is 5.64. The number of fused-ring (bicyclic) bond motifs is 1. The zero-order valence-electron chi connectivity index (χ0n) is 11.4. The van der Waals surface area contributed by atoms with Crippen molar-refractivity contribution in [3.63, 3.8) is 0 Å². The minimum absolute atomic E-state index is 0.0810. The van der Waals surface area contributed by atoms with E-state index in [2.05, 4.69) is 15.4 Å². The summed E-state index contributed by atoms with van der Waals surface area (Å²) < 4.78 is 7.19. The summed E-state index contributed by atoms with van der Waals surface area (Å²) in [6.07, 6.45) is 1.78. The van der Waals surface area contributed by atoms with Gasteiger partial charge in [-0.1, -0.05) is 0 Å². The summed E-state index contributed by atoms with van der Waals surface area (Å²) in [5.74, 6) is 1.34. The highest BCUT2D eigenvalue weighted by atomic mass is 16.4. The van der Waals surface area contributed by atoms with Crippen LogP contribution in [0.25, 0.3) is 11.0 Å². The number of rotatable bonds is 4. The highest BCUT2D eigenvalue weighted by Gasteiger charge is 2.07. The Hall–Kier alpha value is -2.34. The average molecular weight is 272 g/mol. The molecule has 0 aliphatic carbocycles. The molecule has 3 heterocycles. The van der Waals surface area contributed by atoms with Crippen LogP contribution in [0.3, 0.4) is 0 Å². The van der Waals surface area contributed by atoms with Crippen LogP contribution in [0, 0.1) is 6.92 Å². The van der Waals surface area contributed by atoms with Crippen molar-refractivity contribution in [1.82, 2.24) is 14.8 Å². The Bertz CT molecular complexity index is 745. The number of nitrogens with one attached hydrogen (secondary N) is 1. The molecule has 2 N–H and O–H groups in total. The smallest absolute Gasteiger partial charge is 0.157 e. The van der Waals surface area contributed by atoms with Crippen molar-refractivity contribution in [2.75, 3.05) is 5.32 Å². The van der Waals surface area contributed by atoms with Gasteiger partial charge < -0.3 is 14.8 Å². The molecule has 0 atom stereocenters. The zero-order chi connectivity index (χ0) is 14.1. The minimum Gasteiger partial charge on any atom is -0.462 e. The van der Waals surface area contributed by atoms with E-state index in [1.54, 1.807) is 16.9 Å². The minimum atomic E-state index is -0.0810. The number of aliphatic hydroxyl groups is 1. The van der Waals surface area contributed by atoms with Crippen molar-refractivity contribution in [2.24, 2.45) is 7.05 Å². The first-order chi connectivity index (χ1) is 9.67. The summed E-state index contributed by atoms with van der Waals surface area (Å²) in [4.78, 5) is 4.40. The molecule has 0 spiro atoms. The van der Waals surface area contributed by atoms with Gasteiger partial charge in [0, 0.05) is 12.4 Å². The van der Waals surface area contributed by atoms with Crippen LogP contribution in [0.5, 0.6) is 0 Å². The van der Waals surface area contributed by atoms with Crippen molar-refractivity contribution in [3.05, 3.63) is 41.6 Å². The second-order valence-electron chi connectivity index (χ2n) is 4.68. The standard InChI is InChI=1S/C14H16N4O2/c1-9-13-5-10(6-16-14(13)18(2)17-9)15-7-11-3-4-12(8-19)20-11/h3-6,15,19H,7-8H2,1-2H3. The lowest BCUT2D eigenvalue weighted by atomic mass is 10.2. The first kappa shape index (κ1) is 12.7. The number of aliphatic hydroxyl groups excluding tert-OH is 1. The molecule has 104 valence electrons. The fourth-order valence-corrected chi connectivity index (χ4v) is 2.20. The topological polar surface area (TPSA) is 76.1 Å². The van der Waals surface area contributed by atoms with Gasteiger partial charge in [0.15, 0.2) is 5.65 Å². The lowest BCUT2D eigenvalue weighted by Gasteiger charge is -2.04. The molecule has 0 bridgehead atoms. The van der Waals surface area contributed by atoms with Crippen LogP contribution >= 0.6 is 0 Å². The number of nitrogens with zero attached hydrogens (tertiary/aromatic N) is 3. The molecule has 20 heavy (non-hydrogen) atoms. The maximum absolute atomic E-state index is 8.95. The van der Waals surface area contributed by atoms with Gasteiger partial charge in [0.05, 0.1) is 24.1 Å². The number of furan rings is 1. The van der Waals surface area contributed by atoms with Crippen LogP contribution in [-0.4, -0.2) is 19.9 Å². The van der Waals surface area contributed by atoms with Gasteiger partial charge in [-0.3, -0.25) is 4.68 Å². The first-order valence-corrected chi connectivity index (χ1v) is 6.39. The Morgan fingerprint density at radius 3 is 2.90 bits per heavy atom. The van der Waals surface area contributed by atoms with Crippen LogP contribution in [0.4, 0.5) is 5.69 Å². The molecule has 0 aromatic carbocycles. The third kappa shape index (κ3) is 2.25. The molecular weight excluding hydrogens is 256 g/mol. The number of hydrogen-bond donors (Lipinski definition) is 2. The molecule has 3 aromatic rings. The molecule has 0 aliphatic heterocycles. The second-order valence-corrected chi connectivity index (χ2v) is 4.68. The predicted molar refractivity (Wildman–Crippen MR) is 75.2 cm³/mol. The Labute approximate surface area is 116 Å². The fraction of sp³-hybridized carbons (Fsp3) is 0.286. The molecule has 0 aliphatic rings. The maximum atomic E-state index is 8.95. The lowest BCUT2D eigenvalue weighted by Crippen LogP contribution is -1.99. The summed E-state index contributed by atoms with van der Waals surface area (Å²) in [5.41, 5.74) is 2.74. The summed E-state index contributed by atoms with van der Waals surface area (Å²) in [5, 5.41) is 17.6. The van der Waals surface area contributed by atoms with E-state index >= 15 is 0 Å². The van der Waals surface area contributed by atoms with Crippen LogP contribution in [0.15, 0.2) is 28.8 Å². The monoisotopic (exact) mass is 272 g/mol. The van der Waals surface area contributed by atoms with Crippen molar-refractivity contribution in [3.8, 4) is 0 Å². The van der Waals surface area contributed by atoms with E-state index in [9.17, 15) is 0 Å². The molecule has 3 aromatic heterocycles. The lowest BCUT2D eigenvalue weighted by molar-refractivity contribution is 0.244. The molecule has 3 rings (SSSR count). The molecule has 0 fully saturated rings. The predicted octanol–water partition coefficient (Wildman–Crippen LogP) is 1.97. The Morgan fingerprint density at radius 1 is 1.35 bits per heavy atom. The van der Waals surface area contributed by atoms with E-state index in [1.807, 2.05) is 26.1 Å². The van der Waals surface area contributed by atoms with E-state index in [0.29, 0.717) is 12.3 Å². The number of anilines is 1. The van der Waals surface area contributed by atoms with Gasteiger partial charge >= 0.3 is 0 Å². The van der Waals surface area contributed by atoms with Gasteiger partial charge in [-0.05, 0) is 25.1 Å². The first-order valence-electron chi connectivity index (χ1n) is 6.39. The normalized spacial score (nSPS) is 11.2.